The van der Waals surface area contributed by atoms with Gasteiger partial charge in [0.15, 0.2) is 0 Å². The minimum atomic E-state index is -0.787. The van der Waals surface area contributed by atoms with Gasteiger partial charge in [0, 0.05) is 25.1 Å². The third kappa shape index (κ3) is 8.86. The van der Waals surface area contributed by atoms with E-state index in [2.05, 4.69) is 5.32 Å². The van der Waals surface area contributed by atoms with Gasteiger partial charge in [-0.05, 0) is 27.8 Å². The first-order valence-electron chi connectivity index (χ1n) is 7.12. The lowest BCUT2D eigenvalue weighted by Gasteiger charge is -2.23. The number of carbonyl (C=O) groups excluding carboxylic acids is 2. The lowest BCUT2D eigenvalue weighted by atomic mass is 10.1. The number of ether oxygens (including phenoxy) is 1. The van der Waals surface area contributed by atoms with Crippen LogP contribution in [0.5, 0.6) is 0 Å². The molecule has 6 heteroatoms. The van der Waals surface area contributed by atoms with Crippen molar-refractivity contribution in [1.82, 2.24) is 10.2 Å². The van der Waals surface area contributed by atoms with E-state index in [4.69, 9.17) is 10.5 Å². The van der Waals surface area contributed by atoms with Crippen molar-refractivity contribution in [3.8, 4) is 0 Å². The molecule has 120 valence electrons. The van der Waals surface area contributed by atoms with E-state index in [9.17, 15) is 9.59 Å². The molecule has 1 atom stereocenters. The van der Waals surface area contributed by atoms with Gasteiger partial charge in [0.05, 0.1) is 6.54 Å². The zero-order chi connectivity index (χ0) is 16.3. The summed E-state index contributed by atoms with van der Waals surface area (Å²) >= 11 is 0. The lowest BCUT2D eigenvalue weighted by Crippen LogP contribution is -2.37. The van der Waals surface area contributed by atoms with E-state index in [1.54, 1.807) is 18.1 Å². The summed E-state index contributed by atoms with van der Waals surface area (Å²) in [4.78, 5) is 24.4. The van der Waals surface area contributed by atoms with E-state index in [-0.39, 0.29) is 24.6 Å². The largest absolute Gasteiger partial charge is 0.446 e. The molecule has 0 rings (SSSR count). The van der Waals surface area contributed by atoms with Crippen LogP contribution in [0, 0.1) is 0 Å². The van der Waals surface area contributed by atoms with Crippen LogP contribution in [0.4, 0.5) is 4.79 Å². The van der Waals surface area contributed by atoms with Crippen LogP contribution in [0.1, 0.15) is 33.6 Å². The van der Waals surface area contributed by atoms with Crippen molar-refractivity contribution in [1.29, 1.82) is 0 Å². The van der Waals surface area contributed by atoms with Crippen LogP contribution >= 0.6 is 0 Å². The zero-order valence-corrected chi connectivity index (χ0v) is 13.3. The topological polar surface area (TPSA) is 84.7 Å². The molecule has 3 N–H and O–H groups in total. The number of amides is 2. The first kappa shape index (κ1) is 19.2. The van der Waals surface area contributed by atoms with Crippen LogP contribution < -0.4 is 11.1 Å². The number of allylic oxidation sites excluding steroid dienone is 1. The summed E-state index contributed by atoms with van der Waals surface area (Å²) in [6, 6.07) is 0.0631. The number of nitrogens with one attached hydrogen (secondary N) is 1. The smallest absolute Gasteiger partial charge is 0.404 e. The Kier molecular flexibility index (Phi) is 9.96. The molecule has 0 aromatic carbocycles. The molecule has 6 nitrogen and oxygen atoms in total. The van der Waals surface area contributed by atoms with Crippen LogP contribution in [0.25, 0.3) is 0 Å². The fourth-order valence-corrected chi connectivity index (χ4v) is 1.76. The fraction of sp³-hybridized carbons (Fsp3) is 0.600. The first-order valence-corrected chi connectivity index (χ1v) is 7.12. The highest BCUT2D eigenvalue weighted by molar-refractivity contribution is 5.79. The Balaban J connectivity index is 4.63. The average molecular weight is 297 g/mol. The minimum Gasteiger partial charge on any atom is -0.446 e. The van der Waals surface area contributed by atoms with Gasteiger partial charge in [0.25, 0.3) is 0 Å². The van der Waals surface area contributed by atoms with Gasteiger partial charge in [0.2, 0.25) is 5.91 Å². The molecule has 0 heterocycles. The van der Waals surface area contributed by atoms with Crippen LogP contribution in [-0.4, -0.2) is 42.6 Å². The standard InChI is InChI=1S/C15H27N3O3/c1-5-6-8-13(21-15(16)20)9-7-10-18(12(2)3)14(19)11-17-4/h5-7,10,12-13,17H,8-9,11H2,1-4H3,(H2,16,20)/b6-5-,10-7-/t13-/m0/s1. The summed E-state index contributed by atoms with van der Waals surface area (Å²) < 4.78 is 5.02. The number of primary amides is 1. The number of carbonyl (C=O) groups is 2. The molecule has 0 aliphatic rings. The van der Waals surface area contributed by atoms with Crippen molar-refractivity contribution >= 4 is 12.0 Å². The number of hydrogen-bond donors (Lipinski definition) is 2. The Bertz CT molecular complexity index is 378. The highest BCUT2D eigenvalue weighted by atomic mass is 16.6. The summed E-state index contributed by atoms with van der Waals surface area (Å²) in [5.41, 5.74) is 5.05. The molecule has 0 aromatic rings. The number of likely N-dealkylation sites (N-methyl/N-ethyl adjacent to an activating group) is 1. The molecule has 0 aliphatic carbocycles. The Morgan fingerprint density at radius 2 is 1.90 bits per heavy atom. The SMILES string of the molecule is C/C=C\C[C@@H](C/C=C\N(C(=O)CNC)C(C)C)OC(N)=O. The van der Waals surface area contributed by atoms with Gasteiger partial charge in [-0.25, -0.2) is 4.79 Å². The number of nitrogens with two attached hydrogens (primary N) is 1. The van der Waals surface area contributed by atoms with E-state index < -0.39 is 6.09 Å². The second-order valence-corrected chi connectivity index (χ2v) is 4.91. The van der Waals surface area contributed by atoms with Crippen molar-refractivity contribution < 1.29 is 14.3 Å². The Morgan fingerprint density at radius 1 is 1.29 bits per heavy atom. The van der Waals surface area contributed by atoms with Crippen LogP contribution in [0.3, 0.4) is 0 Å². The molecule has 0 radical (unpaired) electrons. The fourth-order valence-electron chi connectivity index (χ4n) is 1.76. The molecule has 0 bridgehead atoms. The first-order chi connectivity index (χ1) is 9.92. The molecule has 2 amide bonds. The number of nitrogens with zero attached hydrogens (tertiary/aromatic N) is 1. The van der Waals surface area contributed by atoms with Crippen molar-refractivity contribution in [2.45, 2.75) is 45.8 Å². The van der Waals surface area contributed by atoms with Gasteiger partial charge in [0.1, 0.15) is 6.10 Å². The summed E-state index contributed by atoms with van der Waals surface area (Å²) in [5, 5.41) is 2.84. The van der Waals surface area contributed by atoms with E-state index in [0.717, 1.165) is 0 Å². The van der Waals surface area contributed by atoms with Crippen LogP contribution in [0.15, 0.2) is 24.4 Å². The van der Waals surface area contributed by atoms with Crippen LogP contribution in [-0.2, 0) is 9.53 Å². The number of hydrogen-bond acceptors (Lipinski definition) is 4. The van der Waals surface area contributed by atoms with Crippen molar-refractivity contribution in [2.24, 2.45) is 5.73 Å². The molecule has 0 aromatic heterocycles. The predicted octanol–water partition coefficient (Wildman–Crippen LogP) is 1.78. The Hall–Kier alpha value is -1.82. The molecular formula is C15H27N3O3. The molecule has 21 heavy (non-hydrogen) atoms. The molecule has 0 spiro atoms. The molecule has 0 aliphatic heterocycles. The quantitative estimate of drug-likeness (QED) is 0.635. The summed E-state index contributed by atoms with van der Waals surface area (Å²) in [7, 11) is 1.73. The molecule has 0 saturated heterocycles. The molecule has 0 fully saturated rings. The Morgan fingerprint density at radius 3 is 2.38 bits per heavy atom. The van der Waals surface area contributed by atoms with Crippen molar-refractivity contribution in [2.75, 3.05) is 13.6 Å². The molecule has 0 saturated carbocycles. The third-order valence-corrected chi connectivity index (χ3v) is 2.75. The Labute approximate surface area is 127 Å². The highest BCUT2D eigenvalue weighted by Crippen LogP contribution is 2.08. The molecular weight excluding hydrogens is 270 g/mol. The van der Waals surface area contributed by atoms with Crippen molar-refractivity contribution in [3.63, 3.8) is 0 Å². The van der Waals surface area contributed by atoms with E-state index in [0.29, 0.717) is 12.8 Å². The van der Waals surface area contributed by atoms with Gasteiger partial charge in [-0.1, -0.05) is 18.2 Å². The second-order valence-electron chi connectivity index (χ2n) is 4.91. The average Bonchev–Trinajstić information content (AvgIpc) is 2.39. The van der Waals surface area contributed by atoms with E-state index in [1.807, 2.05) is 39.0 Å². The van der Waals surface area contributed by atoms with E-state index >= 15 is 0 Å². The monoisotopic (exact) mass is 297 g/mol. The van der Waals surface area contributed by atoms with Crippen molar-refractivity contribution in [3.05, 3.63) is 24.4 Å². The van der Waals surface area contributed by atoms with Gasteiger partial charge in [-0.2, -0.15) is 0 Å². The molecule has 0 unspecified atom stereocenters. The lowest BCUT2D eigenvalue weighted by molar-refractivity contribution is -0.128. The number of rotatable bonds is 9. The maximum atomic E-state index is 11.9. The van der Waals surface area contributed by atoms with Crippen LogP contribution in [0.2, 0.25) is 0 Å². The normalized spacial score (nSPS) is 13.0. The van der Waals surface area contributed by atoms with E-state index in [1.165, 1.54) is 0 Å². The highest BCUT2D eigenvalue weighted by Gasteiger charge is 2.14. The second kappa shape index (κ2) is 10.9. The van der Waals surface area contributed by atoms with Gasteiger partial charge >= 0.3 is 6.09 Å². The summed E-state index contributed by atoms with van der Waals surface area (Å²) in [6.07, 6.45) is 7.35. The maximum Gasteiger partial charge on any atom is 0.404 e. The third-order valence-electron chi connectivity index (χ3n) is 2.75. The minimum absolute atomic E-state index is 0.00965. The van der Waals surface area contributed by atoms with Gasteiger partial charge < -0.3 is 20.7 Å². The maximum absolute atomic E-state index is 11.9. The van der Waals surface area contributed by atoms with Gasteiger partial charge in [-0.15, -0.1) is 0 Å². The summed E-state index contributed by atoms with van der Waals surface area (Å²) in [6.45, 7) is 6.06. The zero-order valence-electron chi connectivity index (χ0n) is 13.3. The predicted molar refractivity (Wildman–Crippen MR) is 83.6 cm³/mol. The summed E-state index contributed by atoms with van der Waals surface area (Å²) in [5.74, 6) is -0.00965. The van der Waals surface area contributed by atoms with Gasteiger partial charge in [-0.3, -0.25) is 4.79 Å².